The van der Waals surface area contributed by atoms with Crippen LogP contribution in [0, 0.1) is 5.41 Å². The third kappa shape index (κ3) is 4.86. The van der Waals surface area contributed by atoms with E-state index in [1.54, 1.807) is 0 Å². The van der Waals surface area contributed by atoms with Crippen LogP contribution < -0.4 is 14.8 Å². The van der Waals surface area contributed by atoms with E-state index in [1.807, 2.05) is 25.1 Å². The fourth-order valence-corrected chi connectivity index (χ4v) is 2.68. The molecule has 2 rings (SSSR count). The van der Waals surface area contributed by atoms with E-state index in [-0.39, 0.29) is 11.5 Å². The van der Waals surface area contributed by atoms with E-state index in [2.05, 4.69) is 26.1 Å². The van der Waals surface area contributed by atoms with Crippen LogP contribution in [-0.4, -0.2) is 30.3 Å². The number of aliphatic carboxylic acids is 1. The fraction of sp³-hybridized carbons (Fsp3) is 0.611. The Labute approximate surface area is 138 Å². The summed E-state index contributed by atoms with van der Waals surface area (Å²) in [6.07, 6.45) is 1.44. The van der Waals surface area contributed by atoms with Crippen LogP contribution in [0.2, 0.25) is 0 Å². The molecule has 0 amide bonds. The number of para-hydroxylation sites is 1. The first-order valence-corrected chi connectivity index (χ1v) is 8.15. The van der Waals surface area contributed by atoms with Gasteiger partial charge in [-0.25, -0.2) is 0 Å². The normalized spacial score (nSPS) is 16.7. The van der Waals surface area contributed by atoms with Crippen molar-refractivity contribution < 1.29 is 19.4 Å². The van der Waals surface area contributed by atoms with E-state index in [1.165, 1.54) is 0 Å². The molecule has 128 valence electrons. The second-order valence-electron chi connectivity index (χ2n) is 7.25. The summed E-state index contributed by atoms with van der Waals surface area (Å²) in [5.74, 6) is 0.630. The number of nitrogens with one attached hydrogen (secondary N) is 1. The minimum Gasteiger partial charge on any atom is -0.486 e. The van der Waals surface area contributed by atoms with Crippen molar-refractivity contribution in [3.63, 3.8) is 0 Å². The zero-order valence-corrected chi connectivity index (χ0v) is 14.4. The molecule has 1 aliphatic heterocycles. The maximum Gasteiger partial charge on any atom is 0.320 e. The summed E-state index contributed by atoms with van der Waals surface area (Å²) in [6.45, 7) is 9.38. The van der Waals surface area contributed by atoms with Gasteiger partial charge in [0.05, 0.1) is 0 Å². The Hall–Kier alpha value is -1.75. The largest absolute Gasteiger partial charge is 0.486 e. The molecule has 1 aromatic carbocycles. The third-order valence-electron chi connectivity index (χ3n) is 4.00. The molecule has 0 spiro atoms. The predicted molar refractivity (Wildman–Crippen MR) is 89.1 cm³/mol. The molecular formula is C18H27NO4. The predicted octanol–water partition coefficient (Wildman–Crippen LogP) is 3.39. The second-order valence-corrected chi connectivity index (χ2v) is 7.25. The van der Waals surface area contributed by atoms with Gasteiger partial charge in [0.25, 0.3) is 0 Å². The highest BCUT2D eigenvalue weighted by Crippen LogP contribution is 2.37. The van der Waals surface area contributed by atoms with Crippen LogP contribution in [0.15, 0.2) is 18.2 Å². The quantitative estimate of drug-likeness (QED) is 0.840. The molecule has 1 aromatic rings. The van der Waals surface area contributed by atoms with Gasteiger partial charge in [-0.15, -0.1) is 0 Å². The topological polar surface area (TPSA) is 67.8 Å². The van der Waals surface area contributed by atoms with Crippen molar-refractivity contribution in [2.45, 2.75) is 52.6 Å². The Bertz CT molecular complexity index is 550. The Balaban J connectivity index is 2.10. The molecular weight excluding hydrogens is 294 g/mol. The fourth-order valence-electron chi connectivity index (χ4n) is 2.68. The van der Waals surface area contributed by atoms with Gasteiger partial charge in [0.2, 0.25) is 0 Å². The molecule has 0 fully saturated rings. The van der Waals surface area contributed by atoms with Crippen molar-refractivity contribution in [1.82, 2.24) is 5.32 Å². The summed E-state index contributed by atoms with van der Waals surface area (Å²) in [4.78, 5) is 11.6. The molecule has 1 unspecified atom stereocenters. The highest BCUT2D eigenvalue weighted by atomic mass is 16.6. The van der Waals surface area contributed by atoms with Gasteiger partial charge < -0.3 is 14.6 Å². The lowest BCUT2D eigenvalue weighted by atomic mass is 9.88. The number of carboxylic acid groups (broad SMARTS) is 1. The molecule has 0 aliphatic carbocycles. The van der Waals surface area contributed by atoms with Crippen LogP contribution in [0.25, 0.3) is 0 Å². The van der Waals surface area contributed by atoms with Crippen LogP contribution >= 0.6 is 0 Å². The summed E-state index contributed by atoms with van der Waals surface area (Å²) in [5.41, 5.74) is 1.05. The van der Waals surface area contributed by atoms with Crippen molar-refractivity contribution in [2.24, 2.45) is 5.41 Å². The molecule has 0 aromatic heterocycles. The van der Waals surface area contributed by atoms with E-state index in [4.69, 9.17) is 9.47 Å². The zero-order chi connectivity index (χ0) is 17.0. The highest BCUT2D eigenvalue weighted by molar-refractivity contribution is 5.73. The second kappa shape index (κ2) is 7.21. The van der Waals surface area contributed by atoms with Gasteiger partial charge in [0.1, 0.15) is 19.3 Å². The van der Waals surface area contributed by atoms with Gasteiger partial charge in [0, 0.05) is 11.6 Å². The number of hydrogen-bond donors (Lipinski definition) is 2. The molecule has 0 bridgehead atoms. The summed E-state index contributed by atoms with van der Waals surface area (Å²) >= 11 is 0. The van der Waals surface area contributed by atoms with Gasteiger partial charge >= 0.3 is 5.97 Å². The minimum atomic E-state index is -0.817. The molecule has 5 nitrogen and oxygen atoms in total. The van der Waals surface area contributed by atoms with E-state index < -0.39 is 12.0 Å². The minimum absolute atomic E-state index is 0.113. The van der Waals surface area contributed by atoms with Crippen molar-refractivity contribution in [3.8, 4) is 11.5 Å². The Kier molecular flexibility index (Phi) is 5.52. The lowest BCUT2D eigenvalue weighted by molar-refractivity contribution is -0.140. The standard InChI is InChI=1S/C18H27NO4/c1-12(19-14(17(20)21)8-9-18(2,3)4)13-6-5-7-15-16(13)23-11-10-22-15/h5-7,12,14,19H,8-11H2,1-4H3,(H,20,21)/t12-,14?/m0/s1. The Morgan fingerprint density at radius 3 is 2.65 bits per heavy atom. The number of fused-ring (bicyclic) bond motifs is 1. The molecule has 5 heteroatoms. The van der Waals surface area contributed by atoms with Crippen LogP contribution in [-0.2, 0) is 4.79 Å². The van der Waals surface area contributed by atoms with E-state index in [0.29, 0.717) is 19.6 Å². The monoisotopic (exact) mass is 321 g/mol. The number of carboxylic acids is 1. The molecule has 1 aliphatic rings. The van der Waals surface area contributed by atoms with Gasteiger partial charge in [0.15, 0.2) is 11.5 Å². The molecule has 0 radical (unpaired) electrons. The molecule has 0 saturated heterocycles. The maximum absolute atomic E-state index is 11.6. The number of benzene rings is 1. The van der Waals surface area contributed by atoms with E-state index >= 15 is 0 Å². The van der Waals surface area contributed by atoms with Crippen LogP contribution in [0.3, 0.4) is 0 Å². The van der Waals surface area contributed by atoms with Gasteiger partial charge in [-0.05, 0) is 31.2 Å². The average molecular weight is 321 g/mol. The van der Waals surface area contributed by atoms with Crippen molar-refractivity contribution in [3.05, 3.63) is 23.8 Å². The molecule has 23 heavy (non-hydrogen) atoms. The van der Waals surface area contributed by atoms with Crippen LogP contribution in [0.1, 0.15) is 52.1 Å². The Morgan fingerprint density at radius 2 is 2.00 bits per heavy atom. The average Bonchev–Trinajstić information content (AvgIpc) is 2.49. The van der Waals surface area contributed by atoms with Crippen molar-refractivity contribution in [2.75, 3.05) is 13.2 Å². The van der Waals surface area contributed by atoms with Crippen molar-refractivity contribution in [1.29, 1.82) is 0 Å². The number of hydrogen-bond acceptors (Lipinski definition) is 4. The third-order valence-corrected chi connectivity index (χ3v) is 4.00. The SMILES string of the molecule is C[C@H](NC(CCC(C)(C)C)C(=O)O)c1cccc2c1OCCO2. The lowest BCUT2D eigenvalue weighted by Gasteiger charge is -2.27. The van der Waals surface area contributed by atoms with E-state index in [9.17, 15) is 9.90 Å². The van der Waals surface area contributed by atoms with Crippen LogP contribution in [0.5, 0.6) is 11.5 Å². The summed E-state index contributed by atoms with van der Waals surface area (Å²) in [7, 11) is 0. The summed E-state index contributed by atoms with van der Waals surface area (Å²) in [6, 6.07) is 5.02. The van der Waals surface area contributed by atoms with Gasteiger partial charge in [-0.2, -0.15) is 0 Å². The molecule has 2 N–H and O–H groups in total. The van der Waals surface area contributed by atoms with Crippen molar-refractivity contribution >= 4 is 5.97 Å². The lowest BCUT2D eigenvalue weighted by Crippen LogP contribution is -2.39. The number of carbonyl (C=O) groups is 1. The highest BCUT2D eigenvalue weighted by Gasteiger charge is 2.25. The summed E-state index contributed by atoms with van der Waals surface area (Å²) in [5, 5.41) is 12.7. The first-order chi connectivity index (χ1) is 10.8. The first kappa shape index (κ1) is 17.6. The van der Waals surface area contributed by atoms with Crippen LogP contribution in [0.4, 0.5) is 0 Å². The molecule has 2 atom stereocenters. The smallest absolute Gasteiger partial charge is 0.320 e. The number of rotatable bonds is 6. The Morgan fingerprint density at radius 1 is 1.30 bits per heavy atom. The van der Waals surface area contributed by atoms with Gasteiger partial charge in [-0.1, -0.05) is 32.9 Å². The maximum atomic E-state index is 11.6. The number of ether oxygens (including phenoxy) is 2. The molecule has 1 heterocycles. The van der Waals surface area contributed by atoms with E-state index in [0.717, 1.165) is 23.5 Å². The molecule has 0 saturated carbocycles. The first-order valence-electron chi connectivity index (χ1n) is 8.15. The van der Waals surface area contributed by atoms with Gasteiger partial charge in [-0.3, -0.25) is 10.1 Å². The zero-order valence-electron chi connectivity index (χ0n) is 14.4. The summed E-state index contributed by atoms with van der Waals surface area (Å²) < 4.78 is 11.3.